The average molecular weight is 367 g/mol. The van der Waals surface area contributed by atoms with Gasteiger partial charge in [-0.3, -0.25) is 4.79 Å². The average Bonchev–Trinajstić information content (AvgIpc) is 2.61. The van der Waals surface area contributed by atoms with Crippen molar-refractivity contribution in [3.8, 4) is 5.75 Å². The molecule has 3 N–H and O–H groups in total. The molecule has 4 nitrogen and oxygen atoms in total. The molecule has 0 saturated heterocycles. The van der Waals surface area contributed by atoms with E-state index in [1.165, 1.54) is 0 Å². The topological polar surface area (TPSA) is 64.3 Å². The molecule has 1 unspecified atom stereocenters. The van der Waals surface area contributed by atoms with Crippen molar-refractivity contribution in [2.45, 2.75) is 17.4 Å². The smallest absolute Gasteiger partial charge is 0.220 e. The molecule has 0 aliphatic rings. The first kappa shape index (κ1) is 20.4. The Morgan fingerprint density at radius 2 is 1.83 bits per heavy atom. The van der Waals surface area contributed by atoms with E-state index < -0.39 is 0 Å². The van der Waals surface area contributed by atoms with Gasteiger partial charge in [-0.05, 0) is 29.8 Å². The van der Waals surface area contributed by atoms with Crippen LogP contribution >= 0.6 is 24.2 Å². The van der Waals surface area contributed by atoms with E-state index in [-0.39, 0.29) is 24.4 Å². The van der Waals surface area contributed by atoms with E-state index in [0.29, 0.717) is 13.0 Å². The lowest BCUT2D eigenvalue weighted by atomic mass is 10.1. The molecule has 2 rings (SSSR count). The standard InChI is InChI=1S/C18H22N2O2S.ClH/c1-22-15-7-9-16(10-8-15)23-12-11-18(21)20-13-17(19)14-5-3-2-4-6-14;/h2-10,17H,11-13,19H2,1H3,(H,20,21);1H. The molecule has 0 aliphatic carbocycles. The lowest BCUT2D eigenvalue weighted by molar-refractivity contribution is -0.120. The fourth-order valence-electron chi connectivity index (χ4n) is 2.06. The van der Waals surface area contributed by atoms with Crippen LogP contribution in [0.25, 0.3) is 0 Å². The van der Waals surface area contributed by atoms with Gasteiger partial charge < -0.3 is 15.8 Å². The molecular formula is C18H23ClN2O2S. The molecule has 6 heteroatoms. The number of methoxy groups -OCH3 is 1. The van der Waals surface area contributed by atoms with E-state index in [2.05, 4.69) is 5.32 Å². The van der Waals surface area contributed by atoms with Crippen LogP contribution < -0.4 is 15.8 Å². The summed E-state index contributed by atoms with van der Waals surface area (Å²) in [6, 6.07) is 17.4. The molecule has 1 amide bonds. The van der Waals surface area contributed by atoms with E-state index in [1.54, 1.807) is 18.9 Å². The molecule has 0 heterocycles. The van der Waals surface area contributed by atoms with Gasteiger partial charge in [0, 0.05) is 29.7 Å². The molecule has 0 spiro atoms. The molecule has 24 heavy (non-hydrogen) atoms. The monoisotopic (exact) mass is 366 g/mol. The van der Waals surface area contributed by atoms with E-state index in [1.807, 2.05) is 54.6 Å². The van der Waals surface area contributed by atoms with Crippen LogP contribution in [0.4, 0.5) is 0 Å². The number of thioether (sulfide) groups is 1. The van der Waals surface area contributed by atoms with Crippen molar-refractivity contribution >= 4 is 30.1 Å². The summed E-state index contributed by atoms with van der Waals surface area (Å²) in [5.74, 6) is 1.60. The number of nitrogens with one attached hydrogen (secondary N) is 1. The van der Waals surface area contributed by atoms with Crippen LogP contribution in [0.5, 0.6) is 5.75 Å². The number of carbonyl (C=O) groups is 1. The summed E-state index contributed by atoms with van der Waals surface area (Å²) in [6.45, 7) is 0.454. The Hall–Kier alpha value is -1.69. The van der Waals surface area contributed by atoms with Crippen LogP contribution in [0.1, 0.15) is 18.0 Å². The van der Waals surface area contributed by atoms with Gasteiger partial charge in [-0.2, -0.15) is 0 Å². The van der Waals surface area contributed by atoms with Crippen molar-refractivity contribution in [2.75, 3.05) is 19.4 Å². The highest BCUT2D eigenvalue weighted by atomic mass is 35.5. The van der Waals surface area contributed by atoms with Crippen molar-refractivity contribution in [3.05, 3.63) is 60.2 Å². The zero-order valence-electron chi connectivity index (χ0n) is 13.6. The molecular weight excluding hydrogens is 344 g/mol. The molecule has 0 bridgehead atoms. The molecule has 2 aromatic carbocycles. The van der Waals surface area contributed by atoms with Gasteiger partial charge in [0.2, 0.25) is 5.91 Å². The van der Waals surface area contributed by atoms with E-state index in [9.17, 15) is 4.79 Å². The fraction of sp³-hybridized carbons (Fsp3) is 0.278. The zero-order chi connectivity index (χ0) is 16.5. The first-order chi connectivity index (χ1) is 11.2. The minimum atomic E-state index is -0.172. The van der Waals surface area contributed by atoms with Crippen molar-refractivity contribution in [3.63, 3.8) is 0 Å². The maximum absolute atomic E-state index is 11.9. The normalized spacial score (nSPS) is 11.2. The molecule has 2 aromatic rings. The molecule has 0 radical (unpaired) electrons. The minimum Gasteiger partial charge on any atom is -0.497 e. The molecule has 0 aliphatic heterocycles. The SMILES string of the molecule is COc1ccc(SCCC(=O)NCC(N)c2ccccc2)cc1.Cl. The maximum atomic E-state index is 11.9. The summed E-state index contributed by atoms with van der Waals surface area (Å²) in [5, 5.41) is 2.89. The summed E-state index contributed by atoms with van der Waals surface area (Å²) in [5.41, 5.74) is 7.09. The Kier molecular flexibility index (Phi) is 9.30. The largest absolute Gasteiger partial charge is 0.497 e. The number of hydrogen-bond acceptors (Lipinski definition) is 4. The van der Waals surface area contributed by atoms with Crippen molar-refractivity contribution < 1.29 is 9.53 Å². The first-order valence-electron chi connectivity index (χ1n) is 7.53. The summed E-state index contributed by atoms with van der Waals surface area (Å²) in [6.07, 6.45) is 0.470. The summed E-state index contributed by atoms with van der Waals surface area (Å²) >= 11 is 1.65. The predicted molar refractivity (Wildman–Crippen MR) is 102 cm³/mol. The van der Waals surface area contributed by atoms with Crippen LogP contribution in [0.15, 0.2) is 59.5 Å². The highest BCUT2D eigenvalue weighted by Crippen LogP contribution is 2.21. The summed E-state index contributed by atoms with van der Waals surface area (Å²) in [7, 11) is 1.65. The molecule has 130 valence electrons. The van der Waals surface area contributed by atoms with Gasteiger partial charge in [0.25, 0.3) is 0 Å². The van der Waals surface area contributed by atoms with Crippen LogP contribution in [0.2, 0.25) is 0 Å². The van der Waals surface area contributed by atoms with Gasteiger partial charge in [-0.1, -0.05) is 30.3 Å². The molecule has 1 atom stereocenters. The molecule has 0 saturated carbocycles. The first-order valence-corrected chi connectivity index (χ1v) is 8.51. The predicted octanol–water partition coefficient (Wildman–Crippen LogP) is 3.42. The second-order valence-electron chi connectivity index (χ2n) is 5.10. The number of rotatable bonds is 8. The number of halogens is 1. The lowest BCUT2D eigenvalue weighted by Gasteiger charge is -2.13. The number of carbonyl (C=O) groups excluding carboxylic acids is 1. The van der Waals surface area contributed by atoms with E-state index in [0.717, 1.165) is 22.0 Å². The third-order valence-electron chi connectivity index (χ3n) is 3.40. The van der Waals surface area contributed by atoms with Crippen molar-refractivity contribution in [1.82, 2.24) is 5.32 Å². The van der Waals surface area contributed by atoms with E-state index in [4.69, 9.17) is 10.5 Å². The van der Waals surface area contributed by atoms with Gasteiger partial charge in [-0.25, -0.2) is 0 Å². The molecule has 0 aromatic heterocycles. The third kappa shape index (κ3) is 6.83. The number of benzene rings is 2. The summed E-state index contributed by atoms with van der Waals surface area (Å²) < 4.78 is 5.12. The number of nitrogens with two attached hydrogens (primary N) is 1. The highest BCUT2D eigenvalue weighted by molar-refractivity contribution is 7.99. The van der Waals surface area contributed by atoms with Crippen LogP contribution in [-0.4, -0.2) is 25.3 Å². The van der Waals surface area contributed by atoms with Gasteiger partial charge in [0.15, 0.2) is 0 Å². The van der Waals surface area contributed by atoms with Crippen molar-refractivity contribution in [1.29, 1.82) is 0 Å². The Labute approximate surface area is 153 Å². The second-order valence-corrected chi connectivity index (χ2v) is 6.26. The van der Waals surface area contributed by atoms with Crippen molar-refractivity contribution in [2.24, 2.45) is 5.73 Å². The van der Waals surface area contributed by atoms with Gasteiger partial charge in [0.05, 0.1) is 7.11 Å². The number of hydrogen-bond donors (Lipinski definition) is 2. The van der Waals surface area contributed by atoms with Crippen LogP contribution in [0, 0.1) is 0 Å². The van der Waals surface area contributed by atoms with Gasteiger partial charge in [0.1, 0.15) is 5.75 Å². The fourth-order valence-corrected chi connectivity index (χ4v) is 2.92. The van der Waals surface area contributed by atoms with Gasteiger partial charge in [-0.15, -0.1) is 24.2 Å². The van der Waals surface area contributed by atoms with Gasteiger partial charge >= 0.3 is 0 Å². The quantitative estimate of drug-likeness (QED) is 0.702. The third-order valence-corrected chi connectivity index (χ3v) is 4.42. The number of ether oxygens (including phenoxy) is 1. The Morgan fingerprint density at radius 3 is 2.46 bits per heavy atom. The Bertz CT molecular complexity index is 608. The Balaban J connectivity index is 0.00000288. The van der Waals surface area contributed by atoms with Crippen LogP contribution in [-0.2, 0) is 4.79 Å². The zero-order valence-corrected chi connectivity index (χ0v) is 15.2. The Morgan fingerprint density at radius 1 is 1.17 bits per heavy atom. The molecule has 0 fully saturated rings. The van der Waals surface area contributed by atoms with E-state index >= 15 is 0 Å². The van der Waals surface area contributed by atoms with Crippen LogP contribution in [0.3, 0.4) is 0 Å². The maximum Gasteiger partial charge on any atom is 0.220 e. The second kappa shape index (κ2) is 11.0. The number of amides is 1. The lowest BCUT2D eigenvalue weighted by Crippen LogP contribution is -2.32. The summed E-state index contributed by atoms with van der Waals surface area (Å²) in [4.78, 5) is 13.0. The minimum absolute atomic E-state index is 0. The highest BCUT2D eigenvalue weighted by Gasteiger charge is 2.08.